The molecule has 2 rings (SSSR count). The number of nitrogens with zero attached hydrogens (tertiary/aromatic N) is 1. The lowest BCUT2D eigenvalue weighted by atomic mass is 9.95. The minimum atomic E-state index is 0.503. The lowest BCUT2D eigenvalue weighted by molar-refractivity contribution is 0.941. The first-order chi connectivity index (χ1) is 8.06. The number of hydrogen-bond donors (Lipinski definition) is 2. The highest BCUT2D eigenvalue weighted by Gasteiger charge is 2.13. The Kier molecular flexibility index (Phi) is 3.03. The molecule has 0 bridgehead atoms. The zero-order chi connectivity index (χ0) is 12.6. The molecule has 0 amide bonds. The average molecular weight is 229 g/mol. The quantitative estimate of drug-likeness (QED) is 0.832. The van der Waals surface area contributed by atoms with Crippen LogP contribution in [0.5, 0.6) is 0 Å². The summed E-state index contributed by atoms with van der Waals surface area (Å²) in [5.41, 5.74) is 14.0. The summed E-state index contributed by atoms with van der Waals surface area (Å²) in [7, 11) is 0. The van der Waals surface area contributed by atoms with Crippen molar-refractivity contribution in [1.82, 2.24) is 10.2 Å². The molecule has 0 atom stereocenters. The number of H-pyrrole nitrogens is 1. The third-order valence-electron chi connectivity index (χ3n) is 3.63. The smallest absolute Gasteiger partial charge is 0.0955 e. The number of nitrogens with one attached hydrogen (secondary N) is 1. The van der Waals surface area contributed by atoms with Gasteiger partial charge in [-0.15, -0.1) is 0 Å². The van der Waals surface area contributed by atoms with Crippen molar-refractivity contribution >= 4 is 0 Å². The van der Waals surface area contributed by atoms with Crippen LogP contribution in [0.15, 0.2) is 12.1 Å². The summed E-state index contributed by atoms with van der Waals surface area (Å²) in [6.07, 6.45) is 0. The molecule has 90 valence electrons. The van der Waals surface area contributed by atoms with Crippen molar-refractivity contribution in [2.45, 2.75) is 34.2 Å². The Bertz CT molecular complexity index is 553. The Balaban J connectivity index is 2.61. The van der Waals surface area contributed by atoms with Gasteiger partial charge in [0.15, 0.2) is 0 Å². The average Bonchev–Trinajstić information content (AvgIpc) is 2.68. The van der Waals surface area contributed by atoms with Crippen molar-refractivity contribution in [2.24, 2.45) is 5.73 Å². The Labute approximate surface area is 102 Å². The minimum absolute atomic E-state index is 0.503. The summed E-state index contributed by atoms with van der Waals surface area (Å²) in [4.78, 5) is 0. The van der Waals surface area contributed by atoms with E-state index < -0.39 is 0 Å². The first-order valence-electron chi connectivity index (χ1n) is 5.87. The second-order valence-corrected chi connectivity index (χ2v) is 4.56. The molecular formula is C14H19N3. The number of aryl methyl sites for hydroxylation is 1. The molecule has 0 saturated heterocycles. The maximum Gasteiger partial charge on any atom is 0.0955 e. The topological polar surface area (TPSA) is 54.7 Å². The van der Waals surface area contributed by atoms with Crippen LogP contribution in [0, 0.1) is 27.7 Å². The van der Waals surface area contributed by atoms with E-state index in [0.29, 0.717) is 6.54 Å². The van der Waals surface area contributed by atoms with Gasteiger partial charge in [0.2, 0.25) is 0 Å². The van der Waals surface area contributed by atoms with Crippen LogP contribution >= 0.6 is 0 Å². The molecule has 0 spiro atoms. The summed E-state index contributed by atoms with van der Waals surface area (Å²) in [6.45, 7) is 9.00. The molecule has 0 unspecified atom stereocenters. The fraction of sp³-hybridized carbons (Fsp3) is 0.357. The predicted octanol–water partition coefficient (Wildman–Crippen LogP) is 2.77. The van der Waals surface area contributed by atoms with Gasteiger partial charge in [0.05, 0.1) is 11.4 Å². The van der Waals surface area contributed by atoms with E-state index in [1.54, 1.807) is 0 Å². The second kappa shape index (κ2) is 4.34. The largest absolute Gasteiger partial charge is 0.325 e. The molecular weight excluding hydrogens is 210 g/mol. The highest BCUT2D eigenvalue weighted by molar-refractivity contribution is 5.69. The Morgan fingerprint density at radius 1 is 1.06 bits per heavy atom. The van der Waals surface area contributed by atoms with Gasteiger partial charge in [0, 0.05) is 12.1 Å². The van der Waals surface area contributed by atoms with Gasteiger partial charge in [-0.2, -0.15) is 5.10 Å². The van der Waals surface area contributed by atoms with Gasteiger partial charge in [-0.25, -0.2) is 0 Å². The standard InChI is InChI=1S/C14H19N3/c1-8-5-6-12(10(3)9(8)2)14-11(4)13(7-15)16-17-14/h5-6H,7,15H2,1-4H3,(H,16,17). The van der Waals surface area contributed by atoms with Crippen LogP contribution in [-0.2, 0) is 6.54 Å². The third kappa shape index (κ3) is 1.87. The van der Waals surface area contributed by atoms with Crippen molar-refractivity contribution in [3.8, 4) is 11.3 Å². The maximum atomic E-state index is 5.66. The molecule has 3 nitrogen and oxygen atoms in total. The van der Waals surface area contributed by atoms with Crippen LogP contribution in [0.2, 0.25) is 0 Å². The highest BCUT2D eigenvalue weighted by Crippen LogP contribution is 2.29. The number of rotatable bonds is 2. The fourth-order valence-electron chi connectivity index (χ4n) is 2.11. The van der Waals surface area contributed by atoms with Crippen LogP contribution in [0.3, 0.4) is 0 Å². The van der Waals surface area contributed by atoms with Crippen molar-refractivity contribution in [2.75, 3.05) is 0 Å². The molecule has 0 aliphatic carbocycles. The third-order valence-corrected chi connectivity index (χ3v) is 3.63. The van der Waals surface area contributed by atoms with Gasteiger partial charge in [0.25, 0.3) is 0 Å². The molecule has 0 aliphatic rings. The number of nitrogens with two attached hydrogens (primary N) is 1. The van der Waals surface area contributed by atoms with Gasteiger partial charge in [-0.3, -0.25) is 5.10 Å². The van der Waals surface area contributed by atoms with E-state index in [-0.39, 0.29) is 0 Å². The Hall–Kier alpha value is -1.61. The molecule has 0 radical (unpaired) electrons. The first kappa shape index (κ1) is 11.9. The maximum absolute atomic E-state index is 5.66. The number of aromatic amines is 1. The normalized spacial score (nSPS) is 10.9. The van der Waals surface area contributed by atoms with E-state index in [1.807, 2.05) is 0 Å². The number of aromatic nitrogens is 2. The molecule has 1 aromatic heterocycles. The van der Waals surface area contributed by atoms with Gasteiger partial charge < -0.3 is 5.73 Å². The second-order valence-electron chi connectivity index (χ2n) is 4.56. The minimum Gasteiger partial charge on any atom is -0.325 e. The van der Waals surface area contributed by atoms with E-state index in [1.165, 1.54) is 22.3 Å². The van der Waals surface area contributed by atoms with Crippen LogP contribution in [-0.4, -0.2) is 10.2 Å². The molecule has 17 heavy (non-hydrogen) atoms. The lowest BCUT2D eigenvalue weighted by Crippen LogP contribution is -1.98. The van der Waals surface area contributed by atoms with Gasteiger partial charge in [0.1, 0.15) is 0 Å². The van der Waals surface area contributed by atoms with E-state index >= 15 is 0 Å². The van der Waals surface area contributed by atoms with Gasteiger partial charge in [-0.1, -0.05) is 12.1 Å². The van der Waals surface area contributed by atoms with E-state index in [4.69, 9.17) is 5.73 Å². The lowest BCUT2D eigenvalue weighted by Gasteiger charge is -2.10. The molecule has 2 aromatic rings. The monoisotopic (exact) mass is 229 g/mol. The summed E-state index contributed by atoms with van der Waals surface area (Å²) in [5.74, 6) is 0. The van der Waals surface area contributed by atoms with Crippen LogP contribution in [0.1, 0.15) is 27.9 Å². The summed E-state index contributed by atoms with van der Waals surface area (Å²) >= 11 is 0. The number of benzene rings is 1. The van der Waals surface area contributed by atoms with Crippen LogP contribution in [0.25, 0.3) is 11.3 Å². The predicted molar refractivity (Wildman–Crippen MR) is 70.9 cm³/mol. The molecule has 0 fully saturated rings. The number of hydrogen-bond acceptors (Lipinski definition) is 2. The van der Waals surface area contributed by atoms with E-state index in [9.17, 15) is 0 Å². The molecule has 3 heteroatoms. The van der Waals surface area contributed by atoms with Crippen molar-refractivity contribution in [3.63, 3.8) is 0 Å². The van der Waals surface area contributed by atoms with Crippen molar-refractivity contribution in [3.05, 3.63) is 40.1 Å². The summed E-state index contributed by atoms with van der Waals surface area (Å²) < 4.78 is 0. The SMILES string of the molecule is Cc1ccc(-c2n[nH]c(CN)c2C)c(C)c1C. The first-order valence-corrected chi connectivity index (χ1v) is 5.87. The highest BCUT2D eigenvalue weighted by atomic mass is 15.1. The van der Waals surface area contributed by atoms with Crippen LogP contribution in [0.4, 0.5) is 0 Å². The molecule has 1 heterocycles. The van der Waals surface area contributed by atoms with Crippen molar-refractivity contribution in [1.29, 1.82) is 0 Å². The Morgan fingerprint density at radius 2 is 1.76 bits per heavy atom. The molecule has 3 N–H and O–H groups in total. The summed E-state index contributed by atoms with van der Waals surface area (Å²) in [6, 6.07) is 4.29. The van der Waals surface area contributed by atoms with E-state index in [2.05, 4.69) is 50.0 Å². The van der Waals surface area contributed by atoms with Crippen LogP contribution < -0.4 is 5.73 Å². The molecule has 1 aromatic carbocycles. The Morgan fingerprint density at radius 3 is 2.35 bits per heavy atom. The van der Waals surface area contributed by atoms with E-state index in [0.717, 1.165) is 17.0 Å². The zero-order valence-electron chi connectivity index (χ0n) is 10.9. The zero-order valence-corrected chi connectivity index (χ0v) is 10.9. The summed E-state index contributed by atoms with van der Waals surface area (Å²) in [5, 5.41) is 7.39. The molecule has 0 saturated carbocycles. The van der Waals surface area contributed by atoms with Crippen molar-refractivity contribution < 1.29 is 0 Å². The fourth-order valence-corrected chi connectivity index (χ4v) is 2.11. The van der Waals surface area contributed by atoms with Gasteiger partial charge in [-0.05, 0) is 49.9 Å². The molecule has 0 aliphatic heterocycles. The van der Waals surface area contributed by atoms with Gasteiger partial charge >= 0.3 is 0 Å².